The van der Waals surface area contributed by atoms with Crippen LogP contribution in [-0.2, 0) is 16.6 Å². The quantitative estimate of drug-likeness (QED) is 0.441. The van der Waals surface area contributed by atoms with E-state index in [0.717, 1.165) is 42.1 Å². The molecule has 1 amide bonds. The molecule has 3 aromatic rings. The van der Waals surface area contributed by atoms with Gasteiger partial charge < -0.3 is 14.7 Å². The van der Waals surface area contributed by atoms with Crippen LogP contribution in [0.4, 0.5) is 20.7 Å². The van der Waals surface area contributed by atoms with Crippen LogP contribution in [0.5, 0.6) is 5.75 Å². The lowest BCUT2D eigenvalue weighted by atomic mass is 10.2. The number of halogens is 2. The second kappa shape index (κ2) is 10.5. The number of sulfonamides is 1. The van der Waals surface area contributed by atoms with Gasteiger partial charge in [-0.15, -0.1) is 15.6 Å². The predicted octanol–water partition coefficient (Wildman–Crippen LogP) is 3.92. The number of nitrogens with zero attached hydrogens (tertiary/aromatic N) is 5. The Kier molecular flexibility index (Phi) is 7.64. The number of benzene rings is 1. The van der Waals surface area contributed by atoms with Crippen LogP contribution in [-0.4, -0.2) is 67.8 Å². The molecule has 0 bridgehead atoms. The van der Waals surface area contributed by atoms with Gasteiger partial charge in [0.1, 0.15) is 16.5 Å². The zero-order valence-corrected chi connectivity index (χ0v) is 21.7. The van der Waals surface area contributed by atoms with Gasteiger partial charge in [-0.25, -0.2) is 22.6 Å². The first-order valence-corrected chi connectivity index (χ1v) is 13.5. The molecule has 14 heteroatoms. The van der Waals surface area contributed by atoms with Crippen molar-refractivity contribution in [3.63, 3.8) is 0 Å². The van der Waals surface area contributed by atoms with Gasteiger partial charge in [-0.2, -0.15) is 0 Å². The molecular weight excluding hydrogens is 533 g/mol. The van der Waals surface area contributed by atoms with E-state index in [1.807, 2.05) is 6.07 Å². The van der Waals surface area contributed by atoms with Crippen LogP contribution < -0.4 is 13.9 Å². The fourth-order valence-corrected chi connectivity index (χ4v) is 6.39. The number of anilines is 2. The molecule has 3 heterocycles. The molecular formula is C22H23ClFN5O5S2. The summed E-state index contributed by atoms with van der Waals surface area (Å²) in [6.45, 7) is 1.99. The number of carboxylic acid groups (broad SMARTS) is 1. The van der Waals surface area contributed by atoms with E-state index in [9.17, 15) is 18.3 Å². The van der Waals surface area contributed by atoms with Crippen molar-refractivity contribution in [3.05, 3.63) is 57.9 Å². The van der Waals surface area contributed by atoms with Crippen molar-refractivity contribution in [2.45, 2.75) is 23.9 Å². The molecule has 1 aliphatic rings. The van der Waals surface area contributed by atoms with Gasteiger partial charge in [-0.05, 0) is 24.6 Å². The maximum Gasteiger partial charge on any atom is 0.427 e. The first-order valence-electron chi connectivity index (χ1n) is 10.7. The Hall–Kier alpha value is -3.00. The number of amides is 1. The fraction of sp³-hybridized carbons (Fsp3) is 0.318. The van der Waals surface area contributed by atoms with Gasteiger partial charge in [0.25, 0.3) is 10.0 Å². The van der Waals surface area contributed by atoms with Crippen molar-refractivity contribution < 1.29 is 27.4 Å². The number of carbonyl (C=O) groups is 1. The van der Waals surface area contributed by atoms with E-state index in [1.165, 1.54) is 10.9 Å². The molecule has 192 valence electrons. The summed E-state index contributed by atoms with van der Waals surface area (Å²) in [7, 11) is -1.47. The molecule has 1 saturated heterocycles. The summed E-state index contributed by atoms with van der Waals surface area (Å²) in [5.74, 6) is -0.764. The predicted molar refractivity (Wildman–Crippen MR) is 134 cm³/mol. The number of likely N-dealkylation sites (tertiary alicyclic amines) is 1. The first kappa shape index (κ1) is 26.1. The van der Waals surface area contributed by atoms with Crippen LogP contribution in [0.15, 0.2) is 46.2 Å². The van der Waals surface area contributed by atoms with Gasteiger partial charge in [0.15, 0.2) is 5.82 Å². The molecule has 0 aliphatic carbocycles. The maximum atomic E-state index is 15.2. The largest absolute Gasteiger partial charge is 0.495 e. The van der Waals surface area contributed by atoms with Crippen LogP contribution >= 0.6 is 22.9 Å². The molecule has 1 N–H and O–H groups in total. The number of methoxy groups -OCH3 is 1. The Labute approximate surface area is 216 Å². The third-order valence-corrected chi connectivity index (χ3v) is 8.51. The summed E-state index contributed by atoms with van der Waals surface area (Å²) < 4.78 is 46.6. The second-order valence-corrected chi connectivity index (χ2v) is 11.0. The Morgan fingerprint density at radius 3 is 2.83 bits per heavy atom. The van der Waals surface area contributed by atoms with E-state index >= 15 is 4.39 Å². The van der Waals surface area contributed by atoms with Gasteiger partial charge in [0.2, 0.25) is 0 Å². The normalized spacial score (nSPS) is 16.2. The van der Waals surface area contributed by atoms with Gasteiger partial charge in [0, 0.05) is 50.4 Å². The highest BCUT2D eigenvalue weighted by molar-refractivity contribution is 7.93. The Morgan fingerprint density at radius 1 is 1.39 bits per heavy atom. The molecule has 36 heavy (non-hydrogen) atoms. The number of pyridine rings is 1. The topological polar surface area (TPSA) is 116 Å². The Morgan fingerprint density at radius 2 is 2.17 bits per heavy atom. The highest BCUT2D eigenvalue weighted by Gasteiger charge is 2.36. The van der Waals surface area contributed by atoms with E-state index in [4.69, 9.17) is 16.3 Å². The standard InChI is InChI=1S/C22H23ClFN5O5S2/c1-27(14-5-7-28(10-14)11-17-19(34-2)4-3-6-25-17)18-9-16(24)20(8-15(18)23)36(32,33)29(22(30)31)21-12-35-13-26-21/h3-4,6,8-9,12-14H,5,7,10-11H2,1-2H3,(H,30,31)/t14-/m0/s1. The number of thiazole rings is 1. The van der Waals surface area contributed by atoms with Crippen molar-refractivity contribution in [3.8, 4) is 5.75 Å². The van der Waals surface area contributed by atoms with Crippen molar-refractivity contribution >= 4 is 50.6 Å². The molecule has 10 nitrogen and oxygen atoms in total. The molecule has 1 aromatic carbocycles. The minimum atomic E-state index is -4.81. The number of likely N-dealkylation sites (N-methyl/N-ethyl adjacent to an activating group) is 1. The first-order chi connectivity index (χ1) is 17.1. The van der Waals surface area contributed by atoms with E-state index in [1.54, 1.807) is 31.3 Å². The summed E-state index contributed by atoms with van der Waals surface area (Å²) in [6.07, 6.45) is 0.656. The second-order valence-electron chi connectivity index (χ2n) is 8.07. The van der Waals surface area contributed by atoms with Gasteiger partial charge in [0.05, 0.1) is 29.0 Å². The molecule has 1 aliphatic heterocycles. The smallest absolute Gasteiger partial charge is 0.427 e. The summed E-state index contributed by atoms with van der Waals surface area (Å²) >= 11 is 7.41. The third kappa shape index (κ3) is 5.09. The molecule has 1 atom stereocenters. The zero-order chi connectivity index (χ0) is 26.0. The van der Waals surface area contributed by atoms with Gasteiger partial charge >= 0.3 is 6.09 Å². The van der Waals surface area contributed by atoms with E-state index < -0.39 is 26.8 Å². The molecule has 0 unspecified atom stereocenters. The molecule has 1 fully saturated rings. The Balaban J connectivity index is 1.55. The highest BCUT2D eigenvalue weighted by atomic mass is 35.5. The van der Waals surface area contributed by atoms with Crippen LogP contribution in [0, 0.1) is 5.82 Å². The Bertz CT molecular complexity index is 1360. The van der Waals surface area contributed by atoms with Gasteiger partial charge in [-0.3, -0.25) is 9.88 Å². The highest BCUT2D eigenvalue weighted by Crippen LogP contribution is 2.35. The number of aromatic nitrogens is 2. The van der Waals surface area contributed by atoms with Crippen LogP contribution in [0.3, 0.4) is 0 Å². The monoisotopic (exact) mass is 555 g/mol. The minimum absolute atomic E-state index is 0.0223. The number of hydrogen-bond donors (Lipinski definition) is 1. The van der Waals surface area contributed by atoms with Crippen molar-refractivity contribution in [2.24, 2.45) is 0 Å². The van der Waals surface area contributed by atoms with Gasteiger partial charge in [-0.1, -0.05) is 11.6 Å². The third-order valence-electron chi connectivity index (χ3n) is 5.94. The summed E-state index contributed by atoms with van der Waals surface area (Å²) in [4.78, 5) is 22.9. The lowest BCUT2D eigenvalue weighted by Gasteiger charge is -2.28. The number of rotatable bonds is 8. The van der Waals surface area contributed by atoms with Crippen molar-refractivity contribution in [1.82, 2.24) is 14.9 Å². The molecule has 0 saturated carbocycles. The molecule has 0 radical (unpaired) electrons. The fourth-order valence-electron chi connectivity index (χ4n) is 4.12. The van der Waals surface area contributed by atoms with Crippen LogP contribution in [0.1, 0.15) is 12.1 Å². The zero-order valence-electron chi connectivity index (χ0n) is 19.3. The van der Waals surface area contributed by atoms with Crippen LogP contribution in [0.2, 0.25) is 5.02 Å². The average Bonchev–Trinajstić information content (AvgIpc) is 3.52. The van der Waals surface area contributed by atoms with Crippen molar-refractivity contribution in [2.75, 3.05) is 36.5 Å². The van der Waals surface area contributed by atoms with Crippen molar-refractivity contribution in [1.29, 1.82) is 0 Å². The number of hydrogen-bond acceptors (Lipinski definition) is 9. The van der Waals surface area contributed by atoms with E-state index in [0.29, 0.717) is 24.5 Å². The summed E-state index contributed by atoms with van der Waals surface area (Å²) in [6, 6.07) is 5.58. The lowest BCUT2D eigenvalue weighted by molar-refractivity contribution is 0.206. The molecule has 0 spiro atoms. The van der Waals surface area contributed by atoms with E-state index in [-0.39, 0.29) is 21.2 Å². The molecule has 2 aromatic heterocycles. The van der Waals surface area contributed by atoms with E-state index in [2.05, 4.69) is 14.9 Å². The summed E-state index contributed by atoms with van der Waals surface area (Å²) in [5, 5.41) is 10.7. The maximum absolute atomic E-state index is 15.2. The molecule has 4 rings (SSSR count). The van der Waals surface area contributed by atoms with Crippen LogP contribution in [0.25, 0.3) is 0 Å². The minimum Gasteiger partial charge on any atom is -0.495 e. The number of ether oxygens (including phenoxy) is 1. The average molecular weight is 556 g/mol. The SMILES string of the molecule is COc1cccnc1CN1CC[C@H](N(C)c2cc(F)c(S(=O)(=O)N(C(=O)O)c3cscn3)cc2Cl)C1. The summed E-state index contributed by atoms with van der Waals surface area (Å²) in [5.41, 5.74) is 2.38. The lowest BCUT2D eigenvalue weighted by Crippen LogP contribution is -2.37.